The lowest BCUT2D eigenvalue weighted by molar-refractivity contribution is -0.153. The first-order valence-corrected chi connectivity index (χ1v) is 10.5. The molecule has 2 aliphatic heterocycles. The number of benzene rings is 2. The number of guanidine groups is 1. The molecule has 0 bridgehead atoms. The predicted octanol–water partition coefficient (Wildman–Crippen LogP) is 2.49. The summed E-state index contributed by atoms with van der Waals surface area (Å²) in [6.07, 6.45) is 0. The highest BCUT2D eigenvalue weighted by atomic mass is 19.1. The van der Waals surface area contributed by atoms with Gasteiger partial charge in [-0.15, -0.1) is 0 Å². The van der Waals surface area contributed by atoms with Crippen molar-refractivity contribution in [2.75, 3.05) is 37.7 Å². The number of aliphatic imine (C=N–C) groups is 1. The first-order chi connectivity index (χ1) is 15.5. The third kappa shape index (κ3) is 4.56. The molecule has 1 saturated heterocycles. The zero-order chi connectivity index (χ0) is 22.7. The fourth-order valence-electron chi connectivity index (χ4n) is 3.95. The number of amides is 1. The van der Waals surface area contributed by atoms with Crippen molar-refractivity contribution >= 4 is 23.5 Å². The number of halogens is 2. The number of nitrogens with zero attached hydrogens (tertiary/aromatic N) is 3. The SMILES string of the molecule is CCOC(=O)[C@@H]1C(=O)NC(N2CCN(c3ccc(F)cc3)CC2)=N[C@@H]1c1ccc(F)cc1. The second-order valence-electron chi connectivity index (χ2n) is 7.62. The van der Waals surface area contributed by atoms with E-state index in [1.807, 2.05) is 4.90 Å². The van der Waals surface area contributed by atoms with Crippen molar-refractivity contribution in [3.8, 4) is 0 Å². The van der Waals surface area contributed by atoms with Crippen LogP contribution in [0.15, 0.2) is 53.5 Å². The number of anilines is 1. The molecule has 7 nitrogen and oxygen atoms in total. The normalized spacial score (nSPS) is 21.1. The minimum atomic E-state index is -1.15. The summed E-state index contributed by atoms with van der Waals surface area (Å²) in [6, 6.07) is 11.1. The van der Waals surface area contributed by atoms with Crippen LogP contribution in [0.4, 0.5) is 14.5 Å². The smallest absolute Gasteiger partial charge is 0.321 e. The molecular weight excluding hydrogens is 418 g/mol. The van der Waals surface area contributed by atoms with Crippen molar-refractivity contribution in [1.82, 2.24) is 10.2 Å². The van der Waals surface area contributed by atoms with Crippen LogP contribution in [-0.4, -0.2) is 55.5 Å². The van der Waals surface area contributed by atoms with Crippen molar-refractivity contribution in [3.63, 3.8) is 0 Å². The number of hydrogen-bond donors (Lipinski definition) is 1. The van der Waals surface area contributed by atoms with Crippen LogP contribution in [-0.2, 0) is 14.3 Å². The first-order valence-electron chi connectivity index (χ1n) is 10.5. The quantitative estimate of drug-likeness (QED) is 0.582. The summed E-state index contributed by atoms with van der Waals surface area (Å²) in [6.45, 7) is 4.28. The van der Waals surface area contributed by atoms with Gasteiger partial charge in [-0.1, -0.05) is 12.1 Å². The Hall–Kier alpha value is -3.49. The van der Waals surface area contributed by atoms with Gasteiger partial charge in [-0.05, 0) is 48.9 Å². The Bertz CT molecular complexity index is 1000. The van der Waals surface area contributed by atoms with Crippen LogP contribution in [0, 0.1) is 17.6 Å². The van der Waals surface area contributed by atoms with Crippen LogP contribution >= 0.6 is 0 Å². The van der Waals surface area contributed by atoms with Gasteiger partial charge in [0.25, 0.3) is 0 Å². The summed E-state index contributed by atoms with van der Waals surface area (Å²) in [4.78, 5) is 34.1. The molecule has 4 rings (SSSR count). The average Bonchev–Trinajstić information content (AvgIpc) is 2.80. The van der Waals surface area contributed by atoms with Crippen molar-refractivity contribution in [2.45, 2.75) is 13.0 Å². The Balaban J connectivity index is 1.55. The molecule has 2 aromatic carbocycles. The van der Waals surface area contributed by atoms with E-state index in [0.29, 0.717) is 37.7 Å². The second kappa shape index (κ2) is 9.33. The summed E-state index contributed by atoms with van der Waals surface area (Å²) in [5.41, 5.74) is 1.48. The Morgan fingerprint density at radius 3 is 2.16 bits per heavy atom. The van der Waals surface area contributed by atoms with E-state index in [0.717, 1.165) is 5.69 Å². The highest BCUT2D eigenvalue weighted by Gasteiger charge is 2.42. The van der Waals surface area contributed by atoms with Gasteiger partial charge < -0.3 is 14.5 Å². The van der Waals surface area contributed by atoms with E-state index in [-0.39, 0.29) is 12.4 Å². The number of esters is 1. The molecule has 0 unspecified atom stereocenters. The van der Waals surface area contributed by atoms with Crippen molar-refractivity contribution in [1.29, 1.82) is 0 Å². The molecule has 0 radical (unpaired) electrons. The van der Waals surface area contributed by atoms with Crippen LogP contribution in [0.1, 0.15) is 18.5 Å². The highest BCUT2D eigenvalue weighted by molar-refractivity contribution is 6.08. The Morgan fingerprint density at radius 2 is 1.56 bits per heavy atom. The zero-order valence-corrected chi connectivity index (χ0v) is 17.6. The minimum absolute atomic E-state index is 0.140. The Labute approximate surface area is 184 Å². The molecule has 0 aliphatic carbocycles. The van der Waals surface area contributed by atoms with Gasteiger partial charge in [-0.2, -0.15) is 0 Å². The fourth-order valence-corrected chi connectivity index (χ4v) is 3.95. The third-order valence-corrected chi connectivity index (χ3v) is 5.62. The molecule has 1 amide bonds. The maximum atomic E-state index is 13.4. The molecule has 32 heavy (non-hydrogen) atoms. The van der Waals surface area contributed by atoms with Crippen LogP contribution in [0.2, 0.25) is 0 Å². The number of rotatable bonds is 4. The lowest BCUT2D eigenvalue weighted by atomic mass is 9.91. The van der Waals surface area contributed by atoms with Crippen LogP contribution in [0.3, 0.4) is 0 Å². The van der Waals surface area contributed by atoms with E-state index < -0.39 is 29.7 Å². The van der Waals surface area contributed by atoms with E-state index in [1.54, 1.807) is 19.1 Å². The molecular formula is C23H24F2N4O3. The van der Waals surface area contributed by atoms with Gasteiger partial charge >= 0.3 is 5.97 Å². The predicted molar refractivity (Wildman–Crippen MR) is 115 cm³/mol. The third-order valence-electron chi connectivity index (χ3n) is 5.62. The Kier molecular flexibility index (Phi) is 6.34. The van der Waals surface area contributed by atoms with E-state index in [2.05, 4.69) is 15.2 Å². The Morgan fingerprint density at radius 1 is 1.00 bits per heavy atom. The van der Waals surface area contributed by atoms with Gasteiger partial charge in [0.1, 0.15) is 17.7 Å². The molecule has 2 atom stereocenters. The van der Waals surface area contributed by atoms with E-state index in [4.69, 9.17) is 4.74 Å². The average molecular weight is 442 g/mol. The molecule has 1 fully saturated rings. The summed E-state index contributed by atoms with van der Waals surface area (Å²) in [7, 11) is 0. The number of piperazine rings is 1. The first kappa shape index (κ1) is 21.7. The highest BCUT2D eigenvalue weighted by Crippen LogP contribution is 2.31. The van der Waals surface area contributed by atoms with Crippen LogP contribution in [0.25, 0.3) is 0 Å². The van der Waals surface area contributed by atoms with Crippen molar-refractivity contribution in [2.24, 2.45) is 10.9 Å². The van der Waals surface area contributed by atoms with Crippen molar-refractivity contribution in [3.05, 3.63) is 65.7 Å². The number of ether oxygens (including phenoxy) is 1. The zero-order valence-electron chi connectivity index (χ0n) is 17.6. The number of carbonyl (C=O) groups excluding carboxylic acids is 2. The summed E-state index contributed by atoms with van der Waals surface area (Å²) in [5.74, 6) is -2.63. The molecule has 0 aromatic heterocycles. The van der Waals surface area contributed by atoms with Gasteiger partial charge in [0.2, 0.25) is 11.9 Å². The summed E-state index contributed by atoms with van der Waals surface area (Å²) >= 11 is 0. The molecule has 0 saturated carbocycles. The molecule has 0 spiro atoms. The standard InChI is InChI=1S/C23H24F2N4O3/c1-2-32-22(31)19-20(15-3-5-16(24)6-4-15)26-23(27-21(19)30)29-13-11-28(12-14-29)18-9-7-17(25)8-10-18/h3-10,19-20H,2,11-14H2,1H3,(H,26,27,30)/t19-,20+/m0/s1. The van der Waals surface area contributed by atoms with Crippen LogP contribution in [0.5, 0.6) is 0 Å². The monoisotopic (exact) mass is 442 g/mol. The van der Waals surface area contributed by atoms with E-state index in [9.17, 15) is 18.4 Å². The lowest BCUT2D eigenvalue weighted by Gasteiger charge is -2.39. The van der Waals surface area contributed by atoms with E-state index >= 15 is 0 Å². The molecule has 2 aliphatic rings. The number of carbonyl (C=O) groups is 2. The number of nitrogens with one attached hydrogen (secondary N) is 1. The lowest BCUT2D eigenvalue weighted by Crippen LogP contribution is -2.57. The topological polar surface area (TPSA) is 74.2 Å². The maximum Gasteiger partial charge on any atom is 0.321 e. The van der Waals surface area contributed by atoms with Crippen molar-refractivity contribution < 1.29 is 23.1 Å². The second-order valence-corrected chi connectivity index (χ2v) is 7.62. The largest absolute Gasteiger partial charge is 0.465 e. The van der Waals surface area contributed by atoms with Crippen LogP contribution < -0.4 is 10.2 Å². The van der Waals surface area contributed by atoms with Gasteiger partial charge in [0.05, 0.1) is 6.61 Å². The van der Waals surface area contributed by atoms with Gasteiger partial charge in [-0.3, -0.25) is 14.9 Å². The molecule has 1 N–H and O–H groups in total. The maximum absolute atomic E-state index is 13.4. The molecule has 2 aromatic rings. The van der Waals surface area contributed by atoms with Gasteiger partial charge in [0.15, 0.2) is 5.92 Å². The van der Waals surface area contributed by atoms with Gasteiger partial charge in [0, 0.05) is 31.9 Å². The van der Waals surface area contributed by atoms with E-state index in [1.165, 1.54) is 36.4 Å². The number of hydrogen-bond acceptors (Lipinski definition) is 6. The molecule has 168 valence electrons. The summed E-state index contributed by atoms with van der Waals surface area (Å²) in [5, 5.41) is 2.74. The molecule has 9 heteroatoms. The fraction of sp³-hybridized carbons (Fsp3) is 0.348. The summed E-state index contributed by atoms with van der Waals surface area (Å²) < 4.78 is 31.7. The molecule has 2 heterocycles. The van der Waals surface area contributed by atoms with Gasteiger partial charge in [-0.25, -0.2) is 13.8 Å². The minimum Gasteiger partial charge on any atom is -0.465 e.